The molecule has 1 aromatic carbocycles. The van der Waals surface area contributed by atoms with E-state index in [9.17, 15) is 4.39 Å². The number of allylic oxidation sites excluding steroid dienone is 3. The first-order chi connectivity index (χ1) is 13.1. The highest BCUT2D eigenvalue weighted by Gasteiger charge is 2.27. The number of likely N-dealkylation sites (tertiary alicyclic amines) is 1. The Hall–Kier alpha value is -3.02. The number of halogens is 1. The molecule has 3 rings (SSSR count). The van der Waals surface area contributed by atoms with Crippen LogP contribution < -0.4 is 16.4 Å². The fraction of sp³-hybridized carbons (Fsp3) is 0.286. The van der Waals surface area contributed by atoms with Crippen LogP contribution in [0.15, 0.2) is 72.2 Å². The molecule has 6 heteroatoms. The average molecular weight is 367 g/mol. The van der Waals surface area contributed by atoms with Gasteiger partial charge < -0.3 is 21.3 Å². The highest BCUT2D eigenvalue weighted by Crippen LogP contribution is 2.32. The van der Waals surface area contributed by atoms with Crippen LogP contribution in [0.5, 0.6) is 0 Å². The highest BCUT2D eigenvalue weighted by atomic mass is 19.1. The van der Waals surface area contributed by atoms with E-state index < -0.39 is 0 Å². The smallest absolute Gasteiger partial charge is 0.123 e. The zero-order chi connectivity index (χ0) is 19.2. The number of nitrogens with two attached hydrogens (primary N) is 1. The molecule has 0 amide bonds. The molecule has 5 nitrogen and oxygen atoms in total. The topological polar surface area (TPSA) is 77.2 Å². The van der Waals surface area contributed by atoms with Crippen molar-refractivity contribution < 1.29 is 4.39 Å². The molecule has 1 fully saturated rings. The quantitative estimate of drug-likeness (QED) is 0.366. The molecule has 0 aromatic heterocycles. The average Bonchev–Trinajstić information content (AvgIpc) is 3.33. The van der Waals surface area contributed by atoms with Crippen LogP contribution in [0.25, 0.3) is 0 Å². The summed E-state index contributed by atoms with van der Waals surface area (Å²) < 4.78 is 13.6. The summed E-state index contributed by atoms with van der Waals surface area (Å²) in [5, 5.41) is 14.9. The molecule has 2 heterocycles. The van der Waals surface area contributed by atoms with Crippen molar-refractivity contribution in [2.75, 3.05) is 6.54 Å². The van der Waals surface area contributed by atoms with Gasteiger partial charge in [0.2, 0.25) is 0 Å². The van der Waals surface area contributed by atoms with E-state index in [1.165, 1.54) is 6.07 Å². The minimum absolute atomic E-state index is 0.0513. The number of hydrogen-bond donors (Lipinski definition) is 4. The first-order valence-corrected chi connectivity index (χ1v) is 9.19. The van der Waals surface area contributed by atoms with Crippen molar-refractivity contribution in [1.29, 1.82) is 5.41 Å². The summed E-state index contributed by atoms with van der Waals surface area (Å²) in [5.41, 5.74) is 8.41. The largest absolute Gasteiger partial charge is 0.397 e. The van der Waals surface area contributed by atoms with Gasteiger partial charge in [0.05, 0.1) is 17.4 Å². The van der Waals surface area contributed by atoms with Crippen LogP contribution in [-0.2, 0) is 0 Å². The Kier molecular flexibility index (Phi) is 5.96. The lowest BCUT2D eigenvalue weighted by Gasteiger charge is -2.26. The summed E-state index contributed by atoms with van der Waals surface area (Å²) >= 11 is 0. The van der Waals surface area contributed by atoms with Gasteiger partial charge in [-0.15, -0.1) is 0 Å². The number of nitrogens with one attached hydrogen (secondary N) is 3. The van der Waals surface area contributed by atoms with Gasteiger partial charge in [0, 0.05) is 12.7 Å². The summed E-state index contributed by atoms with van der Waals surface area (Å²) in [6.07, 6.45) is 13.0. The molecule has 0 radical (unpaired) electrons. The molecule has 142 valence electrons. The van der Waals surface area contributed by atoms with Crippen LogP contribution in [0.4, 0.5) is 4.39 Å². The monoisotopic (exact) mass is 367 g/mol. The fourth-order valence-corrected chi connectivity index (χ4v) is 3.38. The molecule has 1 saturated heterocycles. The number of rotatable bonds is 5. The Morgan fingerprint density at radius 2 is 2.26 bits per heavy atom. The molecular formula is C21H26FN5. The Balaban J connectivity index is 1.60. The van der Waals surface area contributed by atoms with E-state index in [1.54, 1.807) is 18.2 Å². The first-order valence-electron chi connectivity index (χ1n) is 9.19. The molecule has 0 aliphatic carbocycles. The van der Waals surface area contributed by atoms with Crippen LogP contribution in [0.3, 0.4) is 0 Å². The second-order valence-electron chi connectivity index (χ2n) is 6.65. The zero-order valence-electron chi connectivity index (χ0n) is 15.5. The molecule has 2 unspecified atom stereocenters. The van der Waals surface area contributed by atoms with Crippen molar-refractivity contribution in [2.45, 2.75) is 32.0 Å². The lowest BCUT2D eigenvalue weighted by atomic mass is 10.0. The summed E-state index contributed by atoms with van der Waals surface area (Å²) in [4.78, 5) is 2.02. The molecule has 0 saturated carbocycles. The second kappa shape index (κ2) is 8.58. The zero-order valence-corrected chi connectivity index (χ0v) is 15.5. The van der Waals surface area contributed by atoms with E-state index in [4.69, 9.17) is 11.1 Å². The van der Waals surface area contributed by atoms with Crippen LogP contribution in [0.2, 0.25) is 0 Å². The predicted octanol–water partition coefficient (Wildman–Crippen LogP) is 3.28. The third-order valence-corrected chi connectivity index (χ3v) is 4.74. The van der Waals surface area contributed by atoms with Crippen molar-refractivity contribution in [3.8, 4) is 0 Å². The lowest BCUT2D eigenvalue weighted by Crippen LogP contribution is -2.32. The van der Waals surface area contributed by atoms with Crippen LogP contribution in [0.1, 0.15) is 31.4 Å². The molecule has 27 heavy (non-hydrogen) atoms. The van der Waals surface area contributed by atoms with E-state index in [2.05, 4.69) is 10.6 Å². The van der Waals surface area contributed by atoms with Crippen LogP contribution in [-0.4, -0.2) is 23.4 Å². The van der Waals surface area contributed by atoms with Crippen LogP contribution in [0, 0.1) is 11.2 Å². The van der Waals surface area contributed by atoms with Crippen molar-refractivity contribution in [3.05, 3.63) is 83.6 Å². The molecule has 2 aliphatic heterocycles. The summed E-state index contributed by atoms with van der Waals surface area (Å²) in [5.74, 6) is 0.194. The van der Waals surface area contributed by atoms with Crippen molar-refractivity contribution in [3.63, 3.8) is 0 Å². The maximum Gasteiger partial charge on any atom is 0.123 e. The number of amidine groups is 1. The first kappa shape index (κ1) is 18.8. The standard InChI is InChI=1S/C21H26FN5/c1-2-3-8-17(23)18-14-25-21(26-18)11-10-20(24)27-12-5-9-19(27)15-6-4-7-16(22)13-15/h2-4,6-8,10-11,13-14,19,21,24-26H,5,9,12,23H2,1H3/b3-2-,11-10-,17-8-,24-20?. The molecule has 0 spiro atoms. The Morgan fingerprint density at radius 1 is 1.41 bits per heavy atom. The van der Waals surface area contributed by atoms with Crippen molar-refractivity contribution >= 4 is 5.84 Å². The molecule has 2 aliphatic rings. The van der Waals surface area contributed by atoms with Gasteiger partial charge in [-0.1, -0.05) is 24.3 Å². The van der Waals surface area contributed by atoms with Gasteiger partial charge in [0.1, 0.15) is 17.8 Å². The maximum atomic E-state index is 13.6. The van der Waals surface area contributed by atoms with E-state index in [-0.39, 0.29) is 18.0 Å². The fourth-order valence-electron chi connectivity index (χ4n) is 3.38. The number of nitrogens with zero attached hydrogens (tertiary/aromatic N) is 1. The van der Waals surface area contributed by atoms with E-state index in [0.717, 1.165) is 30.6 Å². The molecule has 5 N–H and O–H groups in total. The minimum atomic E-state index is -0.233. The van der Waals surface area contributed by atoms with Gasteiger partial charge in [-0.2, -0.15) is 0 Å². The second-order valence-corrected chi connectivity index (χ2v) is 6.65. The Bertz CT molecular complexity index is 809. The van der Waals surface area contributed by atoms with Crippen LogP contribution >= 0.6 is 0 Å². The highest BCUT2D eigenvalue weighted by molar-refractivity contribution is 5.90. The molecule has 0 bridgehead atoms. The number of hydrogen-bond acceptors (Lipinski definition) is 4. The van der Waals surface area contributed by atoms with E-state index in [1.807, 2.05) is 48.4 Å². The Morgan fingerprint density at radius 3 is 3.04 bits per heavy atom. The normalized spacial score (nSPS) is 23.0. The molecular weight excluding hydrogens is 341 g/mol. The SMILES string of the molecule is C/C=C\C=C(/N)C1=CNC(/C=C\C(=N)N2CCCC2c2cccc(F)c2)N1. The third-order valence-electron chi connectivity index (χ3n) is 4.74. The van der Waals surface area contributed by atoms with Gasteiger partial charge in [-0.05, 0) is 55.7 Å². The van der Waals surface area contributed by atoms with Gasteiger partial charge in [0.25, 0.3) is 0 Å². The predicted molar refractivity (Wildman–Crippen MR) is 107 cm³/mol. The lowest BCUT2D eigenvalue weighted by molar-refractivity contribution is 0.398. The molecule has 2 atom stereocenters. The van der Waals surface area contributed by atoms with Gasteiger partial charge in [-0.3, -0.25) is 5.41 Å². The van der Waals surface area contributed by atoms with Gasteiger partial charge in [0.15, 0.2) is 0 Å². The minimum Gasteiger partial charge on any atom is -0.397 e. The van der Waals surface area contributed by atoms with Gasteiger partial charge >= 0.3 is 0 Å². The summed E-state index contributed by atoms with van der Waals surface area (Å²) in [6.45, 7) is 2.74. The maximum absolute atomic E-state index is 13.6. The summed E-state index contributed by atoms with van der Waals surface area (Å²) in [7, 11) is 0. The van der Waals surface area contributed by atoms with E-state index >= 15 is 0 Å². The third kappa shape index (κ3) is 4.58. The Labute approximate surface area is 159 Å². The van der Waals surface area contributed by atoms with Crippen molar-refractivity contribution in [2.24, 2.45) is 5.73 Å². The molecule has 1 aromatic rings. The van der Waals surface area contributed by atoms with Gasteiger partial charge in [-0.25, -0.2) is 4.39 Å². The summed E-state index contributed by atoms with van der Waals surface area (Å²) in [6, 6.07) is 6.73. The number of benzene rings is 1. The van der Waals surface area contributed by atoms with E-state index in [0.29, 0.717) is 11.5 Å². The van der Waals surface area contributed by atoms with Crippen molar-refractivity contribution in [1.82, 2.24) is 15.5 Å².